The number of H-pyrrole nitrogens is 1. The molecule has 0 unspecified atom stereocenters. The van der Waals surface area contributed by atoms with Crippen LogP contribution in [0.15, 0.2) is 18.6 Å². The molecule has 0 saturated carbocycles. The van der Waals surface area contributed by atoms with E-state index in [-0.39, 0.29) is 0 Å². The van der Waals surface area contributed by atoms with Gasteiger partial charge in [-0.1, -0.05) is 5.21 Å². The van der Waals surface area contributed by atoms with Gasteiger partial charge in [0.15, 0.2) is 0 Å². The second-order valence-electron chi connectivity index (χ2n) is 3.67. The predicted octanol–water partition coefficient (Wildman–Crippen LogP) is 0.261. The van der Waals surface area contributed by atoms with Crippen molar-refractivity contribution in [3.63, 3.8) is 0 Å². The number of nitrogens with one attached hydrogen (secondary N) is 2. The number of imidazole rings is 1. The second-order valence-corrected chi connectivity index (χ2v) is 3.67. The fourth-order valence-corrected chi connectivity index (χ4v) is 1.50. The first-order chi connectivity index (χ1) is 7.86. The number of hydrogen-bond acceptors (Lipinski definition) is 4. The highest BCUT2D eigenvalue weighted by Gasteiger charge is 1.99. The Balaban J connectivity index is 1.61. The van der Waals surface area contributed by atoms with Gasteiger partial charge in [0.1, 0.15) is 5.82 Å². The monoisotopic (exact) mass is 220 g/mol. The summed E-state index contributed by atoms with van der Waals surface area (Å²) in [6.07, 6.45) is 7.45. The molecule has 2 aromatic rings. The van der Waals surface area contributed by atoms with Crippen LogP contribution in [0, 0.1) is 0 Å². The topological polar surface area (TPSA) is 71.4 Å². The number of rotatable bonds is 6. The summed E-state index contributed by atoms with van der Waals surface area (Å²) >= 11 is 0. The first-order valence-electron chi connectivity index (χ1n) is 5.39. The van der Waals surface area contributed by atoms with Crippen molar-refractivity contribution in [3.05, 3.63) is 30.1 Å². The minimum absolute atomic E-state index is 0.807. The van der Waals surface area contributed by atoms with E-state index in [0.717, 1.165) is 37.4 Å². The minimum Gasteiger partial charge on any atom is -0.349 e. The van der Waals surface area contributed by atoms with Gasteiger partial charge in [0.2, 0.25) is 0 Å². The Bertz CT molecular complexity index is 405. The SMILES string of the molecule is Cn1nncc1CNCCCc1ncc[nH]1. The summed E-state index contributed by atoms with van der Waals surface area (Å²) in [5.41, 5.74) is 1.10. The van der Waals surface area contributed by atoms with E-state index in [1.807, 2.05) is 13.2 Å². The van der Waals surface area contributed by atoms with Gasteiger partial charge in [-0.15, -0.1) is 5.10 Å². The number of aryl methyl sites for hydroxylation is 2. The normalized spacial score (nSPS) is 10.8. The zero-order valence-corrected chi connectivity index (χ0v) is 9.35. The van der Waals surface area contributed by atoms with Crippen molar-refractivity contribution in [1.82, 2.24) is 30.3 Å². The van der Waals surface area contributed by atoms with E-state index in [4.69, 9.17) is 0 Å². The van der Waals surface area contributed by atoms with Gasteiger partial charge in [-0.3, -0.25) is 4.68 Å². The molecule has 0 amide bonds. The van der Waals surface area contributed by atoms with Gasteiger partial charge >= 0.3 is 0 Å². The maximum absolute atomic E-state index is 4.17. The minimum atomic E-state index is 0.807. The lowest BCUT2D eigenvalue weighted by molar-refractivity contribution is 0.597. The van der Waals surface area contributed by atoms with Crippen molar-refractivity contribution in [3.8, 4) is 0 Å². The maximum Gasteiger partial charge on any atom is 0.106 e. The highest BCUT2D eigenvalue weighted by molar-refractivity contribution is 4.92. The standard InChI is InChI=1S/C10H16N6/c1-16-9(8-14-15-16)7-11-4-2-3-10-12-5-6-13-10/h5-6,8,11H,2-4,7H2,1H3,(H,12,13). The number of aromatic nitrogens is 5. The van der Waals surface area contributed by atoms with Crippen LogP contribution < -0.4 is 5.32 Å². The average molecular weight is 220 g/mol. The zero-order chi connectivity index (χ0) is 11.2. The van der Waals surface area contributed by atoms with Crippen molar-refractivity contribution < 1.29 is 0 Å². The molecule has 86 valence electrons. The van der Waals surface area contributed by atoms with Crippen LogP contribution in [0.5, 0.6) is 0 Å². The fourth-order valence-electron chi connectivity index (χ4n) is 1.50. The first kappa shape index (κ1) is 10.8. The van der Waals surface area contributed by atoms with E-state index in [9.17, 15) is 0 Å². The number of hydrogen-bond donors (Lipinski definition) is 2. The molecule has 0 bridgehead atoms. The van der Waals surface area contributed by atoms with Crippen LogP contribution in [0.3, 0.4) is 0 Å². The zero-order valence-electron chi connectivity index (χ0n) is 9.35. The molecule has 16 heavy (non-hydrogen) atoms. The van der Waals surface area contributed by atoms with E-state index in [0.29, 0.717) is 0 Å². The second kappa shape index (κ2) is 5.41. The Morgan fingerprint density at radius 3 is 3.12 bits per heavy atom. The molecule has 0 radical (unpaired) electrons. The molecule has 2 heterocycles. The quantitative estimate of drug-likeness (QED) is 0.685. The van der Waals surface area contributed by atoms with Crippen molar-refractivity contribution >= 4 is 0 Å². The summed E-state index contributed by atoms with van der Waals surface area (Å²) < 4.78 is 1.78. The van der Waals surface area contributed by atoms with Crippen molar-refractivity contribution in [1.29, 1.82) is 0 Å². The van der Waals surface area contributed by atoms with Crippen LogP contribution in [-0.4, -0.2) is 31.5 Å². The molecule has 0 aliphatic rings. The maximum atomic E-state index is 4.17. The van der Waals surface area contributed by atoms with Gasteiger partial charge in [-0.2, -0.15) is 0 Å². The lowest BCUT2D eigenvalue weighted by Crippen LogP contribution is -2.17. The van der Waals surface area contributed by atoms with Crippen LogP contribution in [0.25, 0.3) is 0 Å². The van der Waals surface area contributed by atoms with Crippen LogP contribution in [-0.2, 0) is 20.0 Å². The van der Waals surface area contributed by atoms with Gasteiger partial charge < -0.3 is 10.3 Å². The Labute approximate surface area is 94.1 Å². The Morgan fingerprint density at radius 1 is 1.50 bits per heavy atom. The molecule has 0 spiro atoms. The van der Waals surface area contributed by atoms with E-state index in [1.54, 1.807) is 17.1 Å². The molecule has 0 atom stereocenters. The van der Waals surface area contributed by atoms with Crippen molar-refractivity contribution in [2.75, 3.05) is 6.54 Å². The molecule has 2 N–H and O–H groups in total. The van der Waals surface area contributed by atoms with Gasteiger partial charge in [-0.05, 0) is 13.0 Å². The lowest BCUT2D eigenvalue weighted by Gasteiger charge is -2.03. The van der Waals surface area contributed by atoms with E-state index in [1.165, 1.54) is 0 Å². The summed E-state index contributed by atoms with van der Waals surface area (Å²) in [5, 5.41) is 11.0. The Hall–Kier alpha value is -1.69. The fraction of sp³-hybridized carbons (Fsp3) is 0.500. The number of aromatic amines is 1. The van der Waals surface area contributed by atoms with Crippen LogP contribution in [0.2, 0.25) is 0 Å². The van der Waals surface area contributed by atoms with Gasteiger partial charge in [0, 0.05) is 32.4 Å². The summed E-state index contributed by atoms with van der Waals surface area (Å²) in [5.74, 6) is 1.05. The molecular formula is C10H16N6. The van der Waals surface area contributed by atoms with Crippen molar-refractivity contribution in [2.45, 2.75) is 19.4 Å². The summed E-state index contributed by atoms with van der Waals surface area (Å²) in [6.45, 7) is 1.77. The summed E-state index contributed by atoms with van der Waals surface area (Å²) in [7, 11) is 1.90. The Morgan fingerprint density at radius 2 is 2.44 bits per heavy atom. The van der Waals surface area contributed by atoms with Gasteiger partial charge in [0.05, 0.1) is 11.9 Å². The first-order valence-corrected chi connectivity index (χ1v) is 5.39. The highest BCUT2D eigenvalue weighted by atomic mass is 15.4. The molecule has 0 saturated heterocycles. The molecule has 6 nitrogen and oxygen atoms in total. The molecule has 2 aromatic heterocycles. The summed E-state index contributed by atoms with van der Waals surface area (Å²) in [4.78, 5) is 7.26. The molecule has 0 aliphatic carbocycles. The largest absolute Gasteiger partial charge is 0.349 e. The molecule has 0 fully saturated rings. The lowest BCUT2D eigenvalue weighted by atomic mass is 10.3. The molecule has 0 aromatic carbocycles. The molecule has 6 heteroatoms. The van der Waals surface area contributed by atoms with Gasteiger partial charge in [0.25, 0.3) is 0 Å². The molecule has 2 rings (SSSR count). The Kier molecular flexibility index (Phi) is 3.66. The molecule has 0 aliphatic heterocycles. The average Bonchev–Trinajstić information content (AvgIpc) is 2.90. The smallest absolute Gasteiger partial charge is 0.106 e. The molecular weight excluding hydrogens is 204 g/mol. The third-order valence-electron chi connectivity index (χ3n) is 2.44. The predicted molar refractivity (Wildman–Crippen MR) is 59.6 cm³/mol. The third kappa shape index (κ3) is 2.90. The van der Waals surface area contributed by atoms with Crippen LogP contribution in [0.4, 0.5) is 0 Å². The van der Waals surface area contributed by atoms with Crippen LogP contribution >= 0.6 is 0 Å². The van der Waals surface area contributed by atoms with Crippen molar-refractivity contribution in [2.24, 2.45) is 7.05 Å². The van der Waals surface area contributed by atoms with E-state index >= 15 is 0 Å². The van der Waals surface area contributed by atoms with Gasteiger partial charge in [-0.25, -0.2) is 4.98 Å². The van der Waals surface area contributed by atoms with E-state index in [2.05, 4.69) is 25.6 Å². The summed E-state index contributed by atoms with van der Waals surface area (Å²) in [6, 6.07) is 0. The number of nitrogens with zero attached hydrogens (tertiary/aromatic N) is 4. The highest BCUT2D eigenvalue weighted by Crippen LogP contribution is 1.95. The van der Waals surface area contributed by atoms with E-state index < -0.39 is 0 Å². The third-order valence-corrected chi connectivity index (χ3v) is 2.44. The van der Waals surface area contributed by atoms with Crippen LogP contribution in [0.1, 0.15) is 17.9 Å².